The lowest BCUT2D eigenvalue weighted by Crippen LogP contribution is -2.32. The number of nitrogens with zero attached hydrogens (tertiary/aromatic N) is 1. The lowest BCUT2D eigenvalue weighted by atomic mass is 9.97. The third-order valence-electron chi connectivity index (χ3n) is 5.47. The first kappa shape index (κ1) is 21.6. The molecule has 1 unspecified atom stereocenters. The Morgan fingerprint density at radius 2 is 1.69 bits per heavy atom. The van der Waals surface area contributed by atoms with Crippen LogP contribution < -0.4 is 19.6 Å². The molecule has 1 aliphatic heterocycles. The topological polar surface area (TPSA) is 87.4 Å². The number of methoxy groups -OCH3 is 4. The second-order valence-corrected chi connectivity index (χ2v) is 7.17. The summed E-state index contributed by atoms with van der Waals surface area (Å²) in [5.41, 5.74) is 0.331. The van der Waals surface area contributed by atoms with E-state index in [1.807, 2.05) is 0 Å². The molecule has 0 radical (unpaired) electrons. The zero-order valence-corrected chi connectivity index (χ0v) is 18.1. The average Bonchev–Trinajstić information content (AvgIpc) is 3.08. The molecule has 9 heteroatoms. The van der Waals surface area contributed by atoms with Gasteiger partial charge in [-0.15, -0.1) is 0 Å². The van der Waals surface area contributed by atoms with E-state index in [1.165, 1.54) is 45.5 Å². The normalized spacial score (nSPS) is 15.2. The monoisotopic (exact) mass is 443 g/mol. The first-order valence-corrected chi connectivity index (χ1v) is 9.81. The highest BCUT2D eigenvalue weighted by Gasteiger charge is 2.43. The Balaban J connectivity index is 2.00. The summed E-state index contributed by atoms with van der Waals surface area (Å²) in [6.45, 7) is 0.438. The number of halogens is 1. The SMILES string of the molecule is COCCN1C(=O)c2oc3ccc(F)cc3c(=O)c2C1c1cc(OC)c(OC)c(OC)c1. The van der Waals surface area contributed by atoms with Gasteiger partial charge >= 0.3 is 0 Å². The molecule has 1 amide bonds. The number of rotatable bonds is 7. The van der Waals surface area contributed by atoms with Gasteiger partial charge in [0.1, 0.15) is 11.4 Å². The fourth-order valence-electron chi connectivity index (χ4n) is 4.02. The Bertz CT molecular complexity index is 1230. The van der Waals surface area contributed by atoms with E-state index in [2.05, 4.69) is 0 Å². The molecule has 8 nitrogen and oxygen atoms in total. The van der Waals surface area contributed by atoms with Crippen LogP contribution in [-0.4, -0.2) is 52.4 Å². The van der Waals surface area contributed by atoms with Crippen LogP contribution in [0.2, 0.25) is 0 Å². The van der Waals surface area contributed by atoms with E-state index in [9.17, 15) is 14.0 Å². The molecule has 0 saturated carbocycles. The summed E-state index contributed by atoms with van der Waals surface area (Å²) in [4.78, 5) is 28.2. The van der Waals surface area contributed by atoms with E-state index >= 15 is 0 Å². The Morgan fingerprint density at radius 3 is 2.28 bits per heavy atom. The lowest BCUT2D eigenvalue weighted by molar-refractivity contribution is 0.0662. The van der Waals surface area contributed by atoms with Crippen molar-refractivity contribution >= 4 is 16.9 Å². The molecule has 168 valence electrons. The van der Waals surface area contributed by atoms with E-state index < -0.39 is 23.2 Å². The molecule has 0 N–H and O–H groups in total. The van der Waals surface area contributed by atoms with Crippen LogP contribution in [0.15, 0.2) is 39.5 Å². The summed E-state index contributed by atoms with van der Waals surface area (Å²) < 4.78 is 41.1. The molecule has 1 aromatic heterocycles. The van der Waals surface area contributed by atoms with Crippen molar-refractivity contribution in [3.05, 3.63) is 63.3 Å². The second-order valence-electron chi connectivity index (χ2n) is 7.17. The quantitative estimate of drug-likeness (QED) is 0.554. The standard InChI is InChI=1S/C23H22FNO7/c1-28-8-7-25-19(12-9-16(29-2)21(31-4)17(10-12)30-3)18-20(26)14-11-13(24)5-6-15(14)32-22(18)23(25)27/h5-6,9-11,19H,7-8H2,1-4H3. The van der Waals surface area contributed by atoms with Crippen LogP contribution in [0.5, 0.6) is 17.2 Å². The number of ether oxygens (including phenoxy) is 4. The molecule has 1 atom stereocenters. The number of hydrogen-bond donors (Lipinski definition) is 0. The van der Waals surface area contributed by atoms with Crippen molar-refractivity contribution in [2.45, 2.75) is 6.04 Å². The Kier molecular flexibility index (Phi) is 5.75. The fraction of sp³-hybridized carbons (Fsp3) is 0.304. The van der Waals surface area contributed by atoms with Crippen LogP contribution in [0, 0.1) is 5.82 Å². The van der Waals surface area contributed by atoms with Gasteiger partial charge in [0, 0.05) is 13.7 Å². The third kappa shape index (κ3) is 3.34. The van der Waals surface area contributed by atoms with Gasteiger partial charge in [0.05, 0.1) is 44.9 Å². The summed E-state index contributed by atoms with van der Waals surface area (Å²) in [6.07, 6.45) is 0. The largest absolute Gasteiger partial charge is 0.493 e. The van der Waals surface area contributed by atoms with Crippen LogP contribution in [0.4, 0.5) is 4.39 Å². The van der Waals surface area contributed by atoms with E-state index in [-0.39, 0.29) is 35.4 Å². The Labute approximate surface area is 183 Å². The Hall–Kier alpha value is -3.59. The van der Waals surface area contributed by atoms with Crippen LogP contribution >= 0.6 is 0 Å². The van der Waals surface area contributed by atoms with Crippen molar-refractivity contribution in [1.82, 2.24) is 4.90 Å². The molecule has 4 rings (SSSR count). The zero-order chi connectivity index (χ0) is 23.0. The Morgan fingerprint density at radius 1 is 1.00 bits per heavy atom. The van der Waals surface area contributed by atoms with E-state index in [1.54, 1.807) is 12.1 Å². The van der Waals surface area contributed by atoms with E-state index in [0.717, 1.165) is 6.07 Å². The maximum atomic E-state index is 13.9. The van der Waals surface area contributed by atoms with Gasteiger partial charge < -0.3 is 28.3 Å². The highest BCUT2D eigenvalue weighted by molar-refractivity contribution is 5.99. The van der Waals surface area contributed by atoms with Gasteiger partial charge in [-0.2, -0.15) is 0 Å². The summed E-state index contributed by atoms with van der Waals surface area (Å²) >= 11 is 0. The first-order chi connectivity index (χ1) is 15.4. The zero-order valence-electron chi connectivity index (χ0n) is 18.1. The number of carbonyl (C=O) groups is 1. The molecule has 0 aliphatic carbocycles. The molecule has 3 aromatic rings. The van der Waals surface area contributed by atoms with Crippen LogP contribution in [-0.2, 0) is 4.74 Å². The molecule has 2 aromatic carbocycles. The van der Waals surface area contributed by atoms with Crippen molar-refractivity contribution in [1.29, 1.82) is 0 Å². The van der Waals surface area contributed by atoms with E-state index in [0.29, 0.717) is 22.8 Å². The minimum absolute atomic E-state index is 0.0579. The molecule has 0 spiro atoms. The van der Waals surface area contributed by atoms with Crippen molar-refractivity contribution in [2.75, 3.05) is 41.6 Å². The molecule has 32 heavy (non-hydrogen) atoms. The fourth-order valence-corrected chi connectivity index (χ4v) is 4.02. The van der Waals surface area contributed by atoms with Crippen LogP contribution in [0.25, 0.3) is 11.0 Å². The second kappa shape index (κ2) is 8.51. The minimum atomic E-state index is -0.815. The lowest BCUT2D eigenvalue weighted by Gasteiger charge is -2.26. The summed E-state index contributed by atoms with van der Waals surface area (Å²) in [5, 5.41) is 0.0579. The predicted octanol–water partition coefficient (Wildman–Crippen LogP) is 3.15. The van der Waals surface area contributed by atoms with E-state index in [4.69, 9.17) is 23.4 Å². The van der Waals surface area contributed by atoms with Crippen molar-refractivity contribution < 1.29 is 32.5 Å². The summed E-state index contributed by atoms with van der Waals surface area (Å²) in [5.74, 6) is -0.00609. The van der Waals surface area contributed by atoms with Gasteiger partial charge in [0.15, 0.2) is 16.9 Å². The van der Waals surface area contributed by atoms with Crippen LogP contribution in [0.3, 0.4) is 0 Å². The minimum Gasteiger partial charge on any atom is -0.493 e. The number of hydrogen-bond acceptors (Lipinski definition) is 7. The highest BCUT2D eigenvalue weighted by Crippen LogP contribution is 2.44. The number of fused-ring (bicyclic) bond motifs is 2. The smallest absolute Gasteiger partial charge is 0.290 e. The number of carbonyl (C=O) groups excluding carboxylic acids is 1. The molecule has 2 heterocycles. The van der Waals surface area contributed by atoms with Gasteiger partial charge in [-0.25, -0.2) is 4.39 Å². The number of amides is 1. The van der Waals surface area contributed by atoms with Gasteiger partial charge in [-0.3, -0.25) is 9.59 Å². The highest BCUT2D eigenvalue weighted by atomic mass is 19.1. The molecule has 1 aliphatic rings. The van der Waals surface area contributed by atoms with Gasteiger partial charge in [-0.05, 0) is 35.9 Å². The number of benzene rings is 2. The maximum Gasteiger partial charge on any atom is 0.290 e. The summed E-state index contributed by atoms with van der Waals surface area (Å²) in [7, 11) is 5.95. The first-order valence-electron chi connectivity index (χ1n) is 9.81. The van der Waals surface area contributed by atoms with Gasteiger partial charge in [0.25, 0.3) is 5.91 Å². The van der Waals surface area contributed by atoms with Gasteiger partial charge in [0.2, 0.25) is 11.5 Å². The third-order valence-corrected chi connectivity index (χ3v) is 5.47. The molecular formula is C23H22FNO7. The molecule has 0 fully saturated rings. The average molecular weight is 443 g/mol. The predicted molar refractivity (Wildman–Crippen MR) is 113 cm³/mol. The molecule has 0 bridgehead atoms. The maximum absolute atomic E-state index is 13.9. The van der Waals surface area contributed by atoms with Gasteiger partial charge in [-0.1, -0.05) is 0 Å². The van der Waals surface area contributed by atoms with Crippen molar-refractivity contribution in [3.63, 3.8) is 0 Å². The molecule has 0 saturated heterocycles. The van der Waals surface area contributed by atoms with Crippen molar-refractivity contribution in [3.8, 4) is 17.2 Å². The van der Waals surface area contributed by atoms with Crippen molar-refractivity contribution in [2.24, 2.45) is 0 Å². The summed E-state index contributed by atoms with van der Waals surface area (Å²) in [6, 6.07) is 6.15. The van der Waals surface area contributed by atoms with Crippen LogP contribution in [0.1, 0.15) is 27.7 Å². The molecular weight excluding hydrogens is 421 g/mol.